The van der Waals surface area contributed by atoms with Gasteiger partial charge in [-0.05, 0) is 37.1 Å². The van der Waals surface area contributed by atoms with Crippen molar-refractivity contribution in [2.75, 3.05) is 13.1 Å². The summed E-state index contributed by atoms with van der Waals surface area (Å²) in [5, 5.41) is 11.9. The Morgan fingerprint density at radius 1 is 1.09 bits per heavy atom. The molecular formula is C16H24N2O3S. The first-order valence-corrected chi connectivity index (χ1v) is 9.07. The van der Waals surface area contributed by atoms with Gasteiger partial charge in [-0.3, -0.25) is 0 Å². The van der Waals surface area contributed by atoms with E-state index in [1.807, 2.05) is 20.8 Å². The minimum absolute atomic E-state index is 0.291. The Labute approximate surface area is 132 Å². The average molecular weight is 324 g/mol. The highest BCUT2D eigenvalue weighted by Gasteiger charge is 2.25. The van der Waals surface area contributed by atoms with Crippen LogP contribution in [-0.2, 0) is 10.0 Å². The molecule has 0 radical (unpaired) electrons. The molecule has 0 aliphatic carbocycles. The lowest BCUT2D eigenvalue weighted by Gasteiger charge is -2.25. The van der Waals surface area contributed by atoms with Crippen molar-refractivity contribution >= 4 is 16.2 Å². The van der Waals surface area contributed by atoms with E-state index >= 15 is 0 Å². The van der Waals surface area contributed by atoms with Gasteiger partial charge in [-0.25, -0.2) is 13.2 Å². The van der Waals surface area contributed by atoms with Crippen molar-refractivity contribution in [2.45, 2.75) is 50.5 Å². The second kappa shape index (κ2) is 6.38. The largest absolute Gasteiger partial charge is 0.623 e. The van der Waals surface area contributed by atoms with Crippen LogP contribution in [0.2, 0.25) is 0 Å². The van der Waals surface area contributed by atoms with Crippen molar-refractivity contribution < 1.29 is 13.2 Å². The second-order valence-electron chi connectivity index (χ2n) is 6.66. The van der Waals surface area contributed by atoms with Gasteiger partial charge in [0.1, 0.15) is 0 Å². The Balaban J connectivity index is 2.21. The van der Waals surface area contributed by atoms with Gasteiger partial charge in [0.25, 0.3) is 0 Å². The molecule has 0 aromatic heterocycles. The fourth-order valence-corrected chi connectivity index (χ4v) is 3.83. The third-order valence-corrected chi connectivity index (χ3v) is 5.67. The van der Waals surface area contributed by atoms with E-state index in [1.54, 1.807) is 28.6 Å². The molecule has 6 heteroatoms. The molecule has 0 spiro atoms. The molecule has 1 aromatic rings. The molecule has 1 aliphatic heterocycles. The highest BCUT2D eigenvalue weighted by atomic mass is 32.2. The van der Waals surface area contributed by atoms with Gasteiger partial charge in [-0.1, -0.05) is 6.42 Å². The normalized spacial score (nSPS) is 18.4. The van der Waals surface area contributed by atoms with Crippen LogP contribution in [-0.4, -0.2) is 42.3 Å². The molecule has 0 N–H and O–H groups in total. The maximum atomic E-state index is 12.5. The molecule has 122 valence electrons. The van der Waals surface area contributed by atoms with E-state index in [2.05, 4.69) is 0 Å². The van der Waals surface area contributed by atoms with Crippen LogP contribution in [0.3, 0.4) is 0 Å². The molecule has 1 aliphatic rings. The standard InChI is InChI=1S/C16H24N2O3S/c1-16(2,3)18(19)13-14-7-9-15(10-8-14)22(20,21)17-11-5-4-6-12-17/h7-10,13H,4-6,11-12H2,1-3H3/b18-13-. The van der Waals surface area contributed by atoms with E-state index in [0.29, 0.717) is 23.5 Å². The number of piperidine rings is 1. The van der Waals surface area contributed by atoms with Crippen molar-refractivity contribution in [3.05, 3.63) is 35.0 Å². The number of benzene rings is 1. The maximum Gasteiger partial charge on any atom is 0.243 e. The minimum atomic E-state index is -3.41. The van der Waals surface area contributed by atoms with Gasteiger partial charge in [0.05, 0.1) is 4.90 Å². The summed E-state index contributed by atoms with van der Waals surface area (Å²) in [4.78, 5) is 0.291. The predicted molar refractivity (Wildman–Crippen MR) is 87.6 cm³/mol. The van der Waals surface area contributed by atoms with E-state index in [9.17, 15) is 13.6 Å². The van der Waals surface area contributed by atoms with Crippen molar-refractivity contribution in [1.82, 2.24) is 4.31 Å². The van der Waals surface area contributed by atoms with Crippen LogP contribution in [0, 0.1) is 5.21 Å². The summed E-state index contributed by atoms with van der Waals surface area (Å²) in [6, 6.07) is 6.50. The van der Waals surface area contributed by atoms with Gasteiger partial charge in [-0.15, -0.1) is 0 Å². The average Bonchev–Trinajstić information content (AvgIpc) is 2.48. The Kier molecular flexibility index (Phi) is 4.92. The summed E-state index contributed by atoms with van der Waals surface area (Å²) in [5.41, 5.74) is 0.181. The van der Waals surface area contributed by atoms with E-state index in [1.165, 1.54) is 6.21 Å². The van der Waals surface area contributed by atoms with E-state index in [-0.39, 0.29) is 0 Å². The van der Waals surface area contributed by atoms with Crippen LogP contribution in [0.15, 0.2) is 29.2 Å². The number of hydroxylamine groups is 1. The minimum Gasteiger partial charge on any atom is -0.623 e. The monoisotopic (exact) mass is 324 g/mol. The molecule has 1 aromatic carbocycles. The first kappa shape index (κ1) is 17.0. The fraction of sp³-hybridized carbons (Fsp3) is 0.562. The lowest BCUT2D eigenvalue weighted by Crippen LogP contribution is -2.35. The summed E-state index contributed by atoms with van der Waals surface area (Å²) in [6.07, 6.45) is 4.41. The number of nitrogens with zero attached hydrogens (tertiary/aromatic N) is 2. The fourth-order valence-electron chi connectivity index (χ4n) is 2.31. The van der Waals surface area contributed by atoms with Crippen molar-refractivity contribution in [3.63, 3.8) is 0 Å². The lowest BCUT2D eigenvalue weighted by atomic mass is 10.1. The SMILES string of the molecule is CC(C)(C)/[N+]([O-])=C/c1ccc(S(=O)(=O)N2CCCCC2)cc1. The number of sulfonamides is 1. The van der Waals surface area contributed by atoms with Crippen molar-refractivity contribution in [2.24, 2.45) is 0 Å². The zero-order valence-electron chi connectivity index (χ0n) is 13.4. The molecule has 5 nitrogen and oxygen atoms in total. The Morgan fingerprint density at radius 2 is 1.64 bits per heavy atom. The molecule has 2 rings (SSSR count). The number of rotatable bonds is 3. The molecule has 22 heavy (non-hydrogen) atoms. The van der Waals surface area contributed by atoms with Gasteiger partial charge in [0, 0.05) is 39.4 Å². The smallest absolute Gasteiger partial charge is 0.243 e. The first-order valence-electron chi connectivity index (χ1n) is 7.63. The molecule has 0 unspecified atom stereocenters. The van der Waals surface area contributed by atoms with E-state index in [0.717, 1.165) is 24.0 Å². The number of hydrogen-bond donors (Lipinski definition) is 0. The first-order chi connectivity index (χ1) is 10.2. The highest BCUT2D eigenvalue weighted by Crippen LogP contribution is 2.20. The van der Waals surface area contributed by atoms with Gasteiger partial charge < -0.3 is 5.21 Å². The quantitative estimate of drug-likeness (QED) is 0.371. The summed E-state index contributed by atoms with van der Waals surface area (Å²) in [7, 11) is -3.41. The molecular weight excluding hydrogens is 300 g/mol. The Morgan fingerprint density at radius 3 is 2.14 bits per heavy atom. The summed E-state index contributed by atoms with van der Waals surface area (Å²) < 4.78 is 27.5. The van der Waals surface area contributed by atoms with E-state index < -0.39 is 15.6 Å². The van der Waals surface area contributed by atoms with Gasteiger partial charge in [0.15, 0.2) is 11.8 Å². The molecule has 1 fully saturated rings. The summed E-state index contributed by atoms with van der Waals surface area (Å²) in [5.74, 6) is 0. The van der Waals surface area contributed by atoms with Gasteiger partial charge in [0.2, 0.25) is 10.0 Å². The third kappa shape index (κ3) is 3.87. The Hall–Kier alpha value is -1.40. The lowest BCUT2D eigenvalue weighted by molar-refractivity contribution is -0.530. The molecule has 0 bridgehead atoms. The zero-order valence-corrected chi connectivity index (χ0v) is 14.3. The molecule has 0 saturated carbocycles. The Bertz CT molecular complexity index is 637. The van der Waals surface area contributed by atoms with Gasteiger partial charge >= 0.3 is 0 Å². The molecule has 0 atom stereocenters. The van der Waals surface area contributed by atoms with Crippen LogP contribution < -0.4 is 0 Å². The third-order valence-electron chi connectivity index (χ3n) is 3.76. The molecule has 1 heterocycles. The van der Waals surface area contributed by atoms with Gasteiger partial charge in [-0.2, -0.15) is 4.31 Å². The number of hydrogen-bond acceptors (Lipinski definition) is 3. The highest BCUT2D eigenvalue weighted by molar-refractivity contribution is 7.89. The topological polar surface area (TPSA) is 63.5 Å². The van der Waals surface area contributed by atoms with Crippen LogP contribution in [0.1, 0.15) is 45.6 Å². The van der Waals surface area contributed by atoms with E-state index in [4.69, 9.17) is 0 Å². The predicted octanol–water partition coefficient (Wildman–Crippen LogP) is 2.59. The zero-order chi connectivity index (χ0) is 16.4. The summed E-state index contributed by atoms with van der Waals surface area (Å²) >= 11 is 0. The maximum absolute atomic E-state index is 12.5. The van der Waals surface area contributed by atoms with Crippen molar-refractivity contribution in [3.8, 4) is 0 Å². The summed E-state index contributed by atoms with van der Waals surface area (Å²) in [6.45, 7) is 6.66. The molecule has 1 saturated heterocycles. The van der Waals surface area contributed by atoms with Crippen LogP contribution in [0.25, 0.3) is 0 Å². The molecule has 0 amide bonds. The van der Waals surface area contributed by atoms with Crippen LogP contribution in [0.4, 0.5) is 0 Å². The van der Waals surface area contributed by atoms with Crippen LogP contribution >= 0.6 is 0 Å². The van der Waals surface area contributed by atoms with Crippen molar-refractivity contribution in [1.29, 1.82) is 0 Å². The second-order valence-corrected chi connectivity index (χ2v) is 8.60. The van der Waals surface area contributed by atoms with Crippen LogP contribution in [0.5, 0.6) is 0 Å².